The van der Waals surface area contributed by atoms with Gasteiger partial charge in [0.15, 0.2) is 0 Å². The van der Waals surface area contributed by atoms with Gasteiger partial charge in [-0.05, 0) is 33.8 Å². The number of nitrogens with zero attached hydrogens (tertiary/aromatic N) is 5. The number of hydrogen-bond acceptors (Lipinski definition) is 5. The van der Waals surface area contributed by atoms with Crippen LogP contribution in [0.15, 0.2) is 12.3 Å². The van der Waals surface area contributed by atoms with E-state index in [1.165, 1.54) is 4.68 Å². The van der Waals surface area contributed by atoms with Crippen LogP contribution in [0.4, 0.5) is 5.69 Å². The van der Waals surface area contributed by atoms with Crippen molar-refractivity contribution in [1.29, 1.82) is 0 Å². The van der Waals surface area contributed by atoms with Crippen molar-refractivity contribution in [2.24, 2.45) is 0 Å². The second kappa shape index (κ2) is 6.59. The molecule has 1 N–H and O–H groups in total. The Morgan fingerprint density at radius 2 is 2.13 bits per heavy atom. The van der Waals surface area contributed by atoms with Gasteiger partial charge in [-0.2, -0.15) is 10.2 Å². The zero-order valence-electron chi connectivity index (χ0n) is 13.6. The zero-order valence-corrected chi connectivity index (χ0v) is 13.6. The van der Waals surface area contributed by atoms with Gasteiger partial charge < -0.3 is 5.32 Å². The molecule has 0 radical (unpaired) electrons. The summed E-state index contributed by atoms with van der Waals surface area (Å²) in [6.45, 7) is 7.63. The molecule has 0 bridgehead atoms. The predicted molar refractivity (Wildman–Crippen MR) is 82.8 cm³/mol. The van der Waals surface area contributed by atoms with Crippen molar-refractivity contribution in [3.8, 4) is 0 Å². The minimum Gasteiger partial charge on any atom is -0.346 e. The van der Waals surface area contributed by atoms with Crippen LogP contribution < -0.4 is 5.32 Å². The molecule has 124 valence electrons. The van der Waals surface area contributed by atoms with E-state index in [0.29, 0.717) is 17.9 Å². The van der Waals surface area contributed by atoms with Crippen LogP contribution in [-0.2, 0) is 17.9 Å². The van der Waals surface area contributed by atoms with E-state index < -0.39 is 4.92 Å². The minimum atomic E-state index is -0.478. The first-order valence-electron chi connectivity index (χ1n) is 7.34. The van der Waals surface area contributed by atoms with Gasteiger partial charge in [0.05, 0.1) is 16.7 Å². The average molecular weight is 320 g/mol. The van der Waals surface area contributed by atoms with Crippen molar-refractivity contribution >= 4 is 11.6 Å². The maximum atomic E-state index is 12.2. The molecule has 0 aliphatic heterocycles. The third kappa shape index (κ3) is 3.38. The van der Waals surface area contributed by atoms with Gasteiger partial charge in [-0.1, -0.05) is 0 Å². The summed E-state index contributed by atoms with van der Waals surface area (Å²) in [6.07, 6.45) is 1.69. The Labute approximate surface area is 133 Å². The second-order valence-corrected chi connectivity index (χ2v) is 5.30. The molecule has 9 nitrogen and oxygen atoms in total. The molecular weight excluding hydrogens is 300 g/mol. The summed E-state index contributed by atoms with van der Waals surface area (Å²) in [5.41, 5.74) is 1.53. The third-order valence-electron chi connectivity index (χ3n) is 3.69. The van der Waals surface area contributed by atoms with Crippen LogP contribution in [-0.4, -0.2) is 30.4 Å². The molecule has 2 aromatic rings. The first-order valence-corrected chi connectivity index (χ1v) is 7.34. The number of nitro groups is 1. The van der Waals surface area contributed by atoms with Crippen molar-refractivity contribution in [1.82, 2.24) is 24.9 Å². The van der Waals surface area contributed by atoms with Gasteiger partial charge in [0, 0.05) is 12.7 Å². The summed E-state index contributed by atoms with van der Waals surface area (Å²) in [5.74, 6) is -0.262. The van der Waals surface area contributed by atoms with Crippen molar-refractivity contribution in [2.45, 2.75) is 46.8 Å². The minimum absolute atomic E-state index is 0.0464. The van der Waals surface area contributed by atoms with Crippen LogP contribution in [0.2, 0.25) is 0 Å². The number of carbonyl (C=O) groups is 1. The molecule has 23 heavy (non-hydrogen) atoms. The van der Waals surface area contributed by atoms with Crippen LogP contribution in [0.1, 0.15) is 37.0 Å². The lowest BCUT2D eigenvalue weighted by molar-refractivity contribution is -0.386. The molecule has 2 rings (SSSR count). The summed E-state index contributed by atoms with van der Waals surface area (Å²) in [6, 6.07) is 1.64. The number of nitrogens with one attached hydrogen (secondary N) is 1. The fourth-order valence-corrected chi connectivity index (χ4v) is 2.58. The largest absolute Gasteiger partial charge is 0.346 e. The Bertz CT molecular complexity index is 733. The monoisotopic (exact) mass is 320 g/mol. The van der Waals surface area contributed by atoms with Gasteiger partial charge in [-0.15, -0.1) is 0 Å². The molecule has 0 saturated heterocycles. The Hall–Kier alpha value is -2.71. The van der Waals surface area contributed by atoms with Gasteiger partial charge in [-0.25, -0.2) is 0 Å². The van der Waals surface area contributed by atoms with E-state index >= 15 is 0 Å². The number of aryl methyl sites for hydroxylation is 2. The Balaban J connectivity index is 2.08. The highest BCUT2D eigenvalue weighted by molar-refractivity contribution is 5.76. The fourth-order valence-electron chi connectivity index (χ4n) is 2.58. The normalized spacial score (nSPS) is 12.2. The zero-order chi connectivity index (χ0) is 17.1. The van der Waals surface area contributed by atoms with Gasteiger partial charge in [-0.3, -0.25) is 24.3 Å². The summed E-state index contributed by atoms with van der Waals surface area (Å²) < 4.78 is 3.16. The summed E-state index contributed by atoms with van der Waals surface area (Å²) in [5, 5.41) is 22.1. The van der Waals surface area contributed by atoms with Crippen LogP contribution in [0, 0.1) is 24.0 Å². The quantitative estimate of drug-likeness (QED) is 0.641. The van der Waals surface area contributed by atoms with Crippen molar-refractivity contribution in [2.75, 3.05) is 0 Å². The van der Waals surface area contributed by atoms with Crippen LogP contribution in [0.5, 0.6) is 0 Å². The second-order valence-electron chi connectivity index (χ2n) is 5.30. The Morgan fingerprint density at radius 3 is 2.70 bits per heavy atom. The predicted octanol–water partition coefficient (Wildman–Crippen LogP) is 1.50. The molecule has 2 heterocycles. The maximum Gasteiger partial charge on any atom is 0.312 e. The third-order valence-corrected chi connectivity index (χ3v) is 3.69. The van der Waals surface area contributed by atoms with E-state index in [2.05, 4.69) is 15.5 Å². The highest BCUT2D eigenvalue weighted by atomic mass is 16.6. The van der Waals surface area contributed by atoms with E-state index in [1.807, 2.05) is 19.9 Å². The SMILES string of the molecule is CCn1nccc1C(C)NC(=O)Cn1nc(C)c([N+](=O)[O-])c1C. The molecule has 1 amide bonds. The van der Waals surface area contributed by atoms with Crippen LogP contribution in [0.3, 0.4) is 0 Å². The molecule has 9 heteroatoms. The summed E-state index contributed by atoms with van der Waals surface area (Å²) >= 11 is 0. The topological polar surface area (TPSA) is 108 Å². The lowest BCUT2D eigenvalue weighted by atomic mass is 10.2. The van der Waals surface area contributed by atoms with Gasteiger partial charge >= 0.3 is 5.69 Å². The number of amides is 1. The maximum absolute atomic E-state index is 12.2. The highest BCUT2D eigenvalue weighted by Crippen LogP contribution is 2.21. The van der Waals surface area contributed by atoms with Gasteiger partial charge in [0.1, 0.15) is 17.9 Å². The lowest BCUT2D eigenvalue weighted by Gasteiger charge is -2.15. The molecule has 1 unspecified atom stereocenters. The fraction of sp³-hybridized carbons (Fsp3) is 0.500. The lowest BCUT2D eigenvalue weighted by Crippen LogP contribution is -2.31. The molecule has 0 aromatic carbocycles. The van der Waals surface area contributed by atoms with E-state index in [0.717, 1.165) is 5.69 Å². The van der Waals surface area contributed by atoms with E-state index in [-0.39, 0.29) is 24.2 Å². The summed E-state index contributed by atoms with van der Waals surface area (Å²) in [7, 11) is 0. The number of carbonyl (C=O) groups excluding carboxylic acids is 1. The molecule has 0 spiro atoms. The first kappa shape index (κ1) is 16.7. The molecule has 2 aromatic heterocycles. The van der Waals surface area contributed by atoms with E-state index in [4.69, 9.17) is 0 Å². The van der Waals surface area contributed by atoms with Gasteiger partial charge in [0.25, 0.3) is 0 Å². The molecule has 1 atom stereocenters. The van der Waals surface area contributed by atoms with E-state index in [1.54, 1.807) is 24.7 Å². The molecular formula is C14H20N6O3. The number of hydrogen-bond donors (Lipinski definition) is 1. The molecule has 0 fully saturated rings. The standard InChI is InChI=1S/C14H20N6O3/c1-5-18-12(6-7-15-18)9(2)16-13(21)8-19-11(4)14(20(22)23)10(3)17-19/h6-7,9H,5,8H2,1-4H3,(H,16,21). The number of aromatic nitrogens is 4. The Kier molecular flexibility index (Phi) is 4.77. The smallest absolute Gasteiger partial charge is 0.312 e. The highest BCUT2D eigenvalue weighted by Gasteiger charge is 2.23. The van der Waals surface area contributed by atoms with E-state index in [9.17, 15) is 14.9 Å². The Morgan fingerprint density at radius 1 is 1.43 bits per heavy atom. The number of rotatable bonds is 6. The van der Waals surface area contributed by atoms with Crippen molar-refractivity contribution in [3.05, 3.63) is 39.5 Å². The average Bonchev–Trinajstić information content (AvgIpc) is 3.03. The first-order chi connectivity index (χ1) is 10.8. The molecule has 0 saturated carbocycles. The summed E-state index contributed by atoms with van der Waals surface area (Å²) in [4.78, 5) is 22.7. The van der Waals surface area contributed by atoms with Gasteiger partial charge in [0.2, 0.25) is 5.91 Å². The molecule has 0 aliphatic carbocycles. The van der Waals surface area contributed by atoms with Crippen molar-refractivity contribution in [3.63, 3.8) is 0 Å². The van der Waals surface area contributed by atoms with Crippen LogP contribution in [0.25, 0.3) is 0 Å². The van der Waals surface area contributed by atoms with Crippen molar-refractivity contribution < 1.29 is 9.72 Å². The molecule has 0 aliphatic rings. The van der Waals surface area contributed by atoms with Crippen LogP contribution >= 0.6 is 0 Å².